The van der Waals surface area contributed by atoms with Gasteiger partial charge in [-0.15, -0.1) is 0 Å². The standard InChI is InChI=1S/C12H17Cl2N/c1-8(12(2,3)15-4)10-6-5-9(13)7-11(10)14/h5-8,15H,1-4H3. The Balaban J connectivity index is 3.06. The van der Waals surface area contributed by atoms with E-state index in [1.165, 1.54) is 0 Å². The smallest absolute Gasteiger partial charge is 0.0456 e. The minimum atomic E-state index is 0.0114. The summed E-state index contributed by atoms with van der Waals surface area (Å²) in [5, 5.41) is 4.70. The summed E-state index contributed by atoms with van der Waals surface area (Å²) in [5.74, 6) is 0.326. The quantitative estimate of drug-likeness (QED) is 0.846. The highest BCUT2D eigenvalue weighted by atomic mass is 35.5. The summed E-state index contributed by atoms with van der Waals surface area (Å²) in [7, 11) is 1.96. The molecular weight excluding hydrogens is 229 g/mol. The molecule has 1 unspecified atom stereocenters. The van der Waals surface area contributed by atoms with E-state index in [9.17, 15) is 0 Å². The van der Waals surface area contributed by atoms with Gasteiger partial charge in [-0.25, -0.2) is 0 Å². The van der Waals surface area contributed by atoms with Crippen LogP contribution in [0.1, 0.15) is 32.3 Å². The van der Waals surface area contributed by atoms with Gasteiger partial charge in [0.2, 0.25) is 0 Å². The summed E-state index contributed by atoms with van der Waals surface area (Å²) >= 11 is 12.0. The molecule has 15 heavy (non-hydrogen) atoms. The van der Waals surface area contributed by atoms with Crippen molar-refractivity contribution in [2.45, 2.75) is 32.2 Å². The number of benzene rings is 1. The van der Waals surface area contributed by atoms with Crippen molar-refractivity contribution in [1.29, 1.82) is 0 Å². The number of rotatable bonds is 3. The predicted molar refractivity (Wildman–Crippen MR) is 68.0 cm³/mol. The van der Waals surface area contributed by atoms with Crippen molar-refractivity contribution in [3.63, 3.8) is 0 Å². The summed E-state index contributed by atoms with van der Waals surface area (Å²) in [6, 6.07) is 5.67. The summed E-state index contributed by atoms with van der Waals surface area (Å²) in [4.78, 5) is 0. The lowest BCUT2D eigenvalue weighted by atomic mass is 9.83. The molecule has 1 N–H and O–H groups in total. The first-order chi connectivity index (χ1) is 6.88. The molecule has 0 saturated carbocycles. The van der Waals surface area contributed by atoms with Gasteiger partial charge in [0.15, 0.2) is 0 Å². The summed E-state index contributed by atoms with van der Waals surface area (Å²) < 4.78 is 0. The van der Waals surface area contributed by atoms with Crippen molar-refractivity contribution >= 4 is 23.2 Å². The molecule has 0 spiro atoms. The van der Waals surface area contributed by atoms with Crippen LogP contribution in [0.2, 0.25) is 10.0 Å². The Labute approximate surface area is 102 Å². The molecule has 0 saturated heterocycles. The lowest BCUT2D eigenvalue weighted by molar-refractivity contribution is 0.360. The zero-order chi connectivity index (χ0) is 11.6. The molecule has 0 aliphatic carbocycles. The Hall–Kier alpha value is -0.240. The van der Waals surface area contributed by atoms with Gasteiger partial charge in [0.05, 0.1) is 0 Å². The van der Waals surface area contributed by atoms with Gasteiger partial charge in [0.1, 0.15) is 0 Å². The van der Waals surface area contributed by atoms with E-state index in [0.29, 0.717) is 10.9 Å². The molecule has 3 heteroatoms. The van der Waals surface area contributed by atoms with E-state index < -0.39 is 0 Å². The summed E-state index contributed by atoms with van der Waals surface area (Å²) in [6.07, 6.45) is 0. The second-order valence-corrected chi connectivity index (χ2v) is 5.20. The van der Waals surface area contributed by atoms with Gasteiger partial charge in [-0.05, 0) is 38.6 Å². The SMILES string of the molecule is CNC(C)(C)C(C)c1ccc(Cl)cc1Cl. The van der Waals surface area contributed by atoms with Crippen molar-refractivity contribution in [2.75, 3.05) is 7.05 Å². The molecule has 0 aliphatic rings. The normalized spacial score (nSPS) is 14.0. The first kappa shape index (κ1) is 12.8. The van der Waals surface area contributed by atoms with Crippen LogP contribution in [0.5, 0.6) is 0 Å². The molecule has 0 fully saturated rings. The van der Waals surface area contributed by atoms with E-state index in [0.717, 1.165) is 10.6 Å². The van der Waals surface area contributed by atoms with Crippen LogP contribution in [0.15, 0.2) is 18.2 Å². The number of hydrogen-bond donors (Lipinski definition) is 1. The number of hydrogen-bond acceptors (Lipinski definition) is 1. The molecule has 1 atom stereocenters. The minimum absolute atomic E-state index is 0.0114. The third-order valence-electron chi connectivity index (χ3n) is 3.16. The molecule has 1 rings (SSSR count). The number of nitrogens with one attached hydrogen (secondary N) is 1. The lowest BCUT2D eigenvalue weighted by Gasteiger charge is -2.32. The molecule has 0 amide bonds. The Morgan fingerprint density at radius 1 is 1.27 bits per heavy atom. The van der Waals surface area contributed by atoms with Crippen molar-refractivity contribution < 1.29 is 0 Å². The fourth-order valence-corrected chi connectivity index (χ4v) is 2.03. The topological polar surface area (TPSA) is 12.0 Å². The summed E-state index contributed by atoms with van der Waals surface area (Å²) in [6.45, 7) is 6.47. The minimum Gasteiger partial charge on any atom is -0.314 e. The van der Waals surface area contributed by atoms with E-state index >= 15 is 0 Å². The maximum absolute atomic E-state index is 6.18. The van der Waals surface area contributed by atoms with Crippen LogP contribution < -0.4 is 5.32 Å². The Bertz CT molecular complexity index is 347. The van der Waals surface area contributed by atoms with Gasteiger partial charge in [-0.1, -0.05) is 36.2 Å². The van der Waals surface area contributed by atoms with Gasteiger partial charge < -0.3 is 5.32 Å². The highest BCUT2D eigenvalue weighted by Gasteiger charge is 2.26. The van der Waals surface area contributed by atoms with Crippen molar-refractivity contribution in [2.24, 2.45) is 0 Å². The van der Waals surface area contributed by atoms with Crippen LogP contribution >= 0.6 is 23.2 Å². The fourth-order valence-electron chi connectivity index (χ4n) is 1.46. The van der Waals surface area contributed by atoms with Crippen LogP contribution in [-0.4, -0.2) is 12.6 Å². The average Bonchev–Trinajstić information content (AvgIpc) is 2.17. The van der Waals surface area contributed by atoms with Crippen molar-refractivity contribution in [1.82, 2.24) is 5.32 Å². The van der Waals surface area contributed by atoms with E-state index in [1.807, 2.05) is 19.2 Å². The van der Waals surface area contributed by atoms with Crippen LogP contribution in [0.4, 0.5) is 0 Å². The van der Waals surface area contributed by atoms with Gasteiger partial charge in [0, 0.05) is 21.5 Å². The molecule has 0 heterocycles. The highest BCUT2D eigenvalue weighted by Crippen LogP contribution is 2.33. The van der Waals surface area contributed by atoms with Crippen molar-refractivity contribution in [3.8, 4) is 0 Å². The Morgan fingerprint density at radius 3 is 2.33 bits per heavy atom. The molecule has 84 valence electrons. The fraction of sp³-hybridized carbons (Fsp3) is 0.500. The predicted octanol–water partition coefficient (Wildman–Crippen LogP) is 4.09. The largest absolute Gasteiger partial charge is 0.314 e. The van der Waals surface area contributed by atoms with Gasteiger partial charge in [0.25, 0.3) is 0 Å². The highest BCUT2D eigenvalue weighted by molar-refractivity contribution is 6.35. The maximum Gasteiger partial charge on any atom is 0.0456 e. The third-order valence-corrected chi connectivity index (χ3v) is 3.72. The summed E-state index contributed by atoms with van der Waals surface area (Å²) in [5.41, 5.74) is 1.14. The molecular formula is C12H17Cl2N. The molecule has 0 radical (unpaired) electrons. The zero-order valence-corrected chi connectivity index (χ0v) is 11.1. The maximum atomic E-state index is 6.18. The Kier molecular flexibility index (Phi) is 4.05. The van der Waals surface area contributed by atoms with Gasteiger partial charge in [-0.2, -0.15) is 0 Å². The van der Waals surface area contributed by atoms with Crippen LogP contribution in [0, 0.1) is 0 Å². The zero-order valence-electron chi connectivity index (χ0n) is 9.57. The van der Waals surface area contributed by atoms with Crippen LogP contribution in [0.3, 0.4) is 0 Å². The number of halogens is 2. The van der Waals surface area contributed by atoms with Gasteiger partial charge in [-0.3, -0.25) is 0 Å². The molecule has 0 aromatic heterocycles. The Morgan fingerprint density at radius 2 is 1.87 bits per heavy atom. The van der Waals surface area contributed by atoms with Crippen LogP contribution in [0.25, 0.3) is 0 Å². The van der Waals surface area contributed by atoms with Crippen molar-refractivity contribution in [3.05, 3.63) is 33.8 Å². The monoisotopic (exact) mass is 245 g/mol. The third kappa shape index (κ3) is 2.87. The molecule has 1 aromatic rings. The van der Waals surface area contributed by atoms with E-state index in [1.54, 1.807) is 6.07 Å². The average molecular weight is 246 g/mol. The first-order valence-corrected chi connectivity index (χ1v) is 5.78. The van der Waals surface area contributed by atoms with Crippen LogP contribution in [-0.2, 0) is 0 Å². The van der Waals surface area contributed by atoms with E-state index in [-0.39, 0.29) is 5.54 Å². The molecule has 1 aromatic carbocycles. The van der Waals surface area contributed by atoms with Gasteiger partial charge >= 0.3 is 0 Å². The second kappa shape index (κ2) is 4.73. The number of likely N-dealkylation sites (N-methyl/N-ethyl adjacent to an activating group) is 1. The first-order valence-electron chi connectivity index (χ1n) is 5.02. The van der Waals surface area contributed by atoms with E-state index in [4.69, 9.17) is 23.2 Å². The molecule has 0 aliphatic heterocycles. The molecule has 0 bridgehead atoms. The lowest BCUT2D eigenvalue weighted by Crippen LogP contribution is -2.41. The second-order valence-electron chi connectivity index (χ2n) is 4.36. The van der Waals surface area contributed by atoms with E-state index in [2.05, 4.69) is 26.1 Å². The molecule has 1 nitrogen and oxygen atoms in total.